The van der Waals surface area contributed by atoms with Crippen LogP contribution in [0.25, 0.3) is 10.6 Å². The first kappa shape index (κ1) is 20.3. The quantitative estimate of drug-likeness (QED) is 0.661. The number of amides is 2. The third-order valence-corrected chi connectivity index (χ3v) is 6.39. The number of hydrogen-bond donors (Lipinski definition) is 2. The van der Waals surface area contributed by atoms with Crippen molar-refractivity contribution in [3.8, 4) is 10.6 Å². The van der Waals surface area contributed by atoms with Crippen LogP contribution in [0.2, 0.25) is 0 Å². The lowest BCUT2D eigenvalue weighted by Crippen LogP contribution is -2.50. The minimum Gasteiger partial charge on any atom is -0.335 e. The first-order valence-corrected chi connectivity index (χ1v) is 10.9. The summed E-state index contributed by atoms with van der Waals surface area (Å²) < 4.78 is 0. The van der Waals surface area contributed by atoms with E-state index in [0.717, 1.165) is 27.4 Å². The summed E-state index contributed by atoms with van der Waals surface area (Å²) in [7, 11) is 0. The van der Waals surface area contributed by atoms with Gasteiger partial charge in [-0.2, -0.15) is 5.10 Å². The fraction of sp³-hybridized carbons (Fsp3) is 0.318. The maximum Gasteiger partial charge on any atom is 0.274 e. The average molecular weight is 424 g/mol. The van der Waals surface area contributed by atoms with E-state index in [1.807, 2.05) is 49.6 Å². The topological polar surface area (TPSA) is 81.3 Å². The number of aryl methyl sites for hydroxylation is 1. The highest BCUT2D eigenvalue weighted by Crippen LogP contribution is 2.23. The third-order valence-electron chi connectivity index (χ3n) is 5.49. The van der Waals surface area contributed by atoms with E-state index in [9.17, 15) is 9.59 Å². The van der Waals surface area contributed by atoms with Crippen molar-refractivity contribution >= 4 is 28.8 Å². The van der Waals surface area contributed by atoms with E-state index in [1.165, 1.54) is 0 Å². The van der Waals surface area contributed by atoms with Crippen LogP contribution in [0.4, 0.5) is 5.69 Å². The van der Waals surface area contributed by atoms with Gasteiger partial charge in [0.15, 0.2) is 5.69 Å². The van der Waals surface area contributed by atoms with Crippen molar-refractivity contribution in [3.63, 3.8) is 0 Å². The van der Waals surface area contributed by atoms with Crippen molar-refractivity contribution in [2.24, 2.45) is 0 Å². The molecule has 3 heterocycles. The summed E-state index contributed by atoms with van der Waals surface area (Å²) in [6, 6.07) is 11.7. The second-order valence-corrected chi connectivity index (χ2v) is 8.46. The number of hydrogen-bond acceptors (Lipinski definition) is 5. The predicted octanol–water partition coefficient (Wildman–Crippen LogP) is 3.15. The Labute approximate surface area is 179 Å². The first-order chi connectivity index (χ1) is 14.5. The second-order valence-electron chi connectivity index (χ2n) is 7.51. The molecular formula is C22H25N5O2S. The molecule has 2 amide bonds. The molecule has 2 N–H and O–H groups in total. The number of rotatable bonds is 5. The van der Waals surface area contributed by atoms with Gasteiger partial charge in [-0.05, 0) is 48.6 Å². The molecule has 1 aliphatic rings. The SMILES string of the molecule is Cc1cccc(NC(=O)CN2CCN(C(=O)c3cc(-c4cccs4)[nH]n3)CC2)c1C. The van der Waals surface area contributed by atoms with Crippen LogP contribution >= 0.6 is 11.3 Å². The van der Waals surface area contributed by atoms with Gasteiger partial charge in [0.25, 0.3) is 5.91 Å². The maximum absolute atomic E-state index is 12.8. The largest absolute Gasteiger partial charge is 0.335 e. The molecule has 3 aromatic rings. The highest BCUT2D eigenvalue weighted by Gasteiger charge is 2.25. The molecule has 156 valence electrons. The number of carbonyl (C=O) groups is 2. The zero-order valence-corrected chi connectivity index (χ0v) is 18.0. The molecule has 8 heteroatoms. The van der Waals surface area contributed by atoms with E-state index in [-0.39, 0.29) is 11.8 Å². The minimum absolute atomic E-state index is 0.0311. The molecule has 1 saturated heterocycles. The van der Waals surface area contributed by atoms with Gasteiger partial charge in [0.05, 0.1) is 17.1 Å². The molecule has 0 aliphatic carbocycles. The molecule has 0 saturated carbocycles. The van der Waals surface area contributed by atoms with Gasteiger partial charge >= 0.3 is 0 Å². The van der Waals surface area contributed by atoms with Crippen LogP contribution in [0.5, 0.6) is 0 Å². The van der Waals surface area contributed by atoms with Crippen LogP contribution in [0.1, 0.15) is 21.6 Å². The van der Waals surface area contributed by atoms with E-state index >= 15 is 0 Å². The van der Waals surface area contributed by atoms with Crippen LogP contribution in [0.15, 0.2) is 41.8 Å². The lowest BCUT2D eigenvalue weighted by Gasteiger charge is -2.34. The minimum atomic E-state index is -0.0754. The maximum atomic E-state index is 12.8. The number of H-pyrrole nitrogens is 1. The van der Waals surface area contributed by atoms with Gasteiger partial charge < -0.3 is 10.2 Å². The van der Waals surface area contributed by atoms with Gasteiger partial charge in [0, 0.05) is 31.9 Å². The molecule has 1 aliphatic heterocycles. The third kappa shape index (κ3) is 4.44. The van der Waals surface area contributed by atoms with Crippen LogP contribution in [-0.4, -0.2) is 64.5 Å². The fourth-order valence-corrected chi connectivity index (χ4v) is 4.23. The number of anilines is 1. The van der Waals surface area contributed by atoms with Crippen molar-refractivity contribution < 1.29 is 9.59 Å². The van der Waals surface area contributed by atoms with Crippen molar-refractivity contribution in [1.29, 1.82) is 0 Å². The highest BCUT2D eigenvalue weighted by molar-refractivity contribution is 7.13. The zero-order chi connectivity index (χ0) is 21.1. The summed E-state index contributed by atoms with van der Waals surface area (Å²) >= 11 is 1.60. The molecule has 0 bridgehead atoms. The summed E-state index contributed by atoms with van der Waals surface area (Å²) in [5.41, 5.74) is 4.38. The van der Waals surface area contributed by atoms with Gasteiger partial charge in [-0.25, -0.2) is 0 Å². The molecular weight excluding hydrogens is 398 g/mol. The molecule has 30 heavy (non-hydrogen) atoms. The Bertz CT molecular complexity index is 1040. The van der Waals surface area contributed by atoms with E-state index in [2.05, 4.69) is 20.4 Å². The predicted molar refractivity (Wildman–Crippen MR) is 119 cm³/mol. The lowest BCUT2D eigenvalue weighted by atomic mass is 10.1. The molecule has 1 aromatic carbocycles. The Morgan fingerprint density at radius 1 is 1.13 bits per heavy atom. The summed E-state index contributed by atoms with van der Waals surface area (Å²) in [4.78, 5) is 30.2. The number of carbonyl (C=O) groups excluding carboxylic acids is 2. The van der Waals surface area contributed by atoms with E-state index < -0.39 is 0 Å². The average Bonchev–Trinajstić information content (AvgIpc) is 3.43. The number of nitrogens with one attached hydrogen (secondary N) is 2. The van der Waals surface area contributed by atoms with Crippen LogP contribution in [0, 0.1) is 13.8 Å². The monoisotopic (exact) mass is 423 g/mol. The Kier molecular flexibility index (Phi) is 5.96. The lowest BCUT2D eigenvalue weighted by molar-refractivity contribution is -0.117. The van der Waals surface area contributed by atoms with Crippen molar-refractivity contribution in [2.75, 3.05) is 38.0 Å². The Morgan fingerprint density at radius 3 is 2.67 bits per heavy atom. The summed E-state index contributed by atoms with van der Waals surface area (Å²) in [5, 5.41) is 12.1. The molecule has 0 unspecified atom stereocenters. The van der Waals surface area contributed by atoms with E-state index in [4.69, 9.17) is 0 Å². The molecule has 0 spiro atoms. The summed E-state index contributed by atoms with van der Waals surface area (Å²) in [6.45, 7) is 6.84. The number of aromatic amines is 1. The zero-order valence-electron chi connectivity index (χ0n) is 17.1. The van der Waals surface area contributed by atoms with E-state index in [1.54, 1.807) is 22.3 Å². The van der Waals surface area contributed by atoms with Crippen molar-refractivity contribution in [3.05, 3.63) is 58.6 Å². The highest BCUT2D eigenvalue weighted by atomic mass is 32.1. The van der Waals surface area contributed by atoms with Gasteiger partial charge in [0.1, 0.15) is 0 Å². The molecule has 1 fully saturated rings. The molecule has 0 atom stereocenters. The number of aromatic nitrogens is 2. The Balaban J connectivity index is 1.29. The van der Waals surface area contributed by atoms with Crippen molar-refractivity contribution in [2.45, 2.75) is 13.8 Å². The number of thiophene rings is 1. The van der Waals surface area contributed by atoms with Gasteiger partial charge in [0.2, 0.25) is 5.91 Å². The standard InChI is InChI=1S/C22H25N5O2S/c1-15-5-3-6-17(16(15)2)23-21(28)14-26-8-10-27(11-9-26)22(29)19-13-18(24-25-19)20-7-4-12-30-20/h3-7,12-13H,8-11,14H2,1-2H3,(H,23,28)(H,24,25). The van der Waals surface area contributed by atoms with Gasteiger partial charge in [-0.1, -0.05) is 18.2 Å². The molecule has 4 rings (SSSR count). The Morgan fingerprint density at radius 2 is 1.93 bits per heavy atom. The Hall–Kier alpha value is -2.97. The van der Waals surface area contributed by atoms with E-state index in [0.29, 0.717) is 38.4 Å². The first-order valence-electron chi connectivity index (χ1n) is 9.98. The number of benzene rings is 1. The van der Waals surface area contributed by atoms with Crippen molar-refractivity contribution in [1.82, 2.24) is 20.0 Å². The number of nitrogens with zero attached hydrogens (tertiary/aromatic N) is 3. The number of piperazine rings is 1. The van der Waals surface area contributed by atoms with Gasteiger partial charge in [-0.3, -0.25) is 19.6 Å². The van der Waals surface area contributed by atoms with Crippen LogP contribution in [-0.2, 0) is 4.79 Å². The van der Waals surface area contributed by atoms with Gasteiger partial charge in [-0.15, -0.1) is 11.3 Å². The van der Waals surface area contributed by atoms with Crippen LogP contribution in [0.3, 0.4) is 0 Å². The second kappa shape index (κ2) is 8.81. The summed E-state index contributed by atoms with van der Waals surface area (Å²) in [5.74, 6) is -0.107. The summed E-state index contributed by atoms with van der Waals surface area (Å²) in [6.07, 6.45) is 0. The fourth-order valence-electron chi connectivity index (χ4n) is 3.54. The molecule has 0 radical (unpaired) electrons. The smallest absolute Gasteiger partial charge is 0.274 e. The molecule has 7 nitrogen and oxygen atoms in total. The normalized spacial score (nSPS) is 14.7. The molecule has 2 aromatic heterocycles. The van der Waals surface area contributed by atoms with Crippen LogP contribution < -0.4 is 5.32 Å².